The maximum Gasteiger partial charge on any atom is 0.315 e. The minimum Gasteiger partial charge on any atom is -0.457 e. The number of nitriles is 1. The number of carbonyl (C=O) groups is 2. The molecule has 3 aromatic carbocycles. The van der Waals surface area contributed by atoms with E-state index in [4.69, 9.17) is 40.0 Å². The quantitative estimate of drug-likeness (QED) is 0.0206. The van der Waals surface area contributed by atoms with Gasteiger partial charge in [0.15, 0.2) is 12.4 Å². The van der Waals surface area contributed by atoms with E-state index in [0.29, 0.717) is 28.5 Å². The topological polar surface area (TPSA) is 255 Å². The number of unbranched alkanes of at least 4 members (excludes halogenated alkanes) is 10. The first kappa shape index (κ1) is 61.1. The molecule has 16 nitrogen and oxygen atoms in total. The van der Waals surface area contributed by atoms with Gasteiger partial charge < -0.3 is 64.2 Å². The molecular formula is C56H78ClNO15. The second-order valence-corrected chi connectivity index (χ2v) is 19.5. The number of para-hydroxylation sites is 1. The average molecular weight is 1040 g/mol. The SMILES string of the molecule is CC(C)C(C(=O)OC(C#N)c1cccc(Oc2ccccc2)c1)c1ccc(Cl)cc1.CCCCCCCC/C=C\CCCCCCC(C)C(=O)O[C@H]1[C@H](O)[C@@H](CO)O[C@@]1(CO)O[C@H]1O[C@H](CO)[C@@H](O)[C@H](O)[C@H]1O. The Kier molecular flexibility index (Phi) is 26.8. The van der Waals surface area contributed by atoms with Crippen molar-refractivity contribution in [3.8, 4) is 17.6 Å². The van der Waals surface area contributed by atoms with Gasteiger partial charge in [-0.15, -0.1) is 0 Å². The van der Waals surface area contributed by atoms with Crippen LogP contribution in [0, 0.1) is 23.2 Å². The Morgan fingerprint density at radius 1 is 0.726 bits per heavy atom. The molecule has 2 aliphatic heterocycles. The Hall–Kier alpha value is -4.48. The highest BCUT2D eigenvalue weighted by molar-refractivity contribution is 6.30. The summed E-state index contributed by atoms with van der Waals surface area (Å²) in [6.45, 7) is 5.41. The van der Waals surface area contributed by atoms with Crippen molar-refractivity contribution < 1.29 is 73.8 Å². The van der Waals surface area contributed by atoms with Crippen LogP contribution in [0.2, 0.25) is 5.02 Å². The summed E-state index contributed by atoms with van der Waals surface area (Å²) in [6.07, 6.45) is 5.07. The van der Waals surface area contributed by atoms with E-state index in [2.05, 4.69) is 25.1 Å². The van der Waals surface area contributed by atoms with Gasteiger partial charge in [-0.25, -0.2) is 0 Å². The molecule has 2 heterocycles. The number of nitrogens with zero attached hydrogens (tertiary/aromatic N) is 1. The summed E-state index contributed by atoms with van der Waals surface area (Å²) in [7, 11) is 0. The third-order valence-electron chi connectivity index (χ3n) is 13.0. The lowest BCUT2D eigenvalue weighted by Crippen LogP contribution is -2.63. The summed E-state index contributed by atoms with van der Waals surface area (Å²) in [5, 5.41) is 80.9. The van der Waals surface area contributed by atoms with E-state index >= 15 is 0 Å². The molecule has 3 unspecified atom stereocenters. The molecule has 0 aromatic heterocycles. The molecule has 12 atom stereocenters. The number of hydrogen-bond donors (Lipinski definition) is 7. The summed E-state index contributed by atoms with van der Waals surface area (Å²) in [5.41, 5.74) is 1.36. The molecule has 0 radical (unpaired) electrons. The third-order valence-corrected chi connectivity index (χ3v) is 13.2. The van der Waals surface area contributed by atoms with Crippen molar-refractivity contribution in [1.82, 2.24) is 0 Å². The lowest BCUT2D eigenvalue weighted by atomic mass is 9.88. The van der Waals surface area contributed by atoms with E-state index in [1.165, 1.54) is 38.5 Å². The van der Waals surface area contributed by atoms with Gasteiger partial charge in [0.2, 0.25) is 11.9 Å². The molecule has 0 spiro atoms. The molecule has 0 amide bonds. The molecule has 7 N–H and O–H groups in total. The van der Waals surface area contributed by atoms with E-state index in [-0.39, 0.29) is 5.92 Å². The van der Waals surface area contributed by atoms with Crippen molar-refractivity contribution >= 4 is 23.5 Å². The molecular weight excluding hydrogens is 962 g/mol. The van der Waals surface area contributed by atoms with Crippen molar-refractivity contribution in [2.24, 2.45) is 11.8 Å². The van der Waals surface area contributed by atoms with E-state index in [1.54, 1.807) is 43.3 Å². The summed E-state index contributed by atoms with van der Waals surface area (Å²) in [5.74, 6) is -3.18. The van der Waals surface area contributed by atoms with Gasteiger partial charge in [0.05, 0.1) is 25.0 Å². The van der Waals surface area contributed by atoms with Gasteiger partial charge in [-0.1, -0.05) is 145 Å². The Bertz CT molecular complexity index is 2120. The zero-order valence-electron chi connectivity index (χ0n) is 42.6. The number of esters is 2. The number of ether oxygens (including phenoxy) is 6. The van der Waals surface area contributed by atoms with Crippen LogP contribution in [0.1, 0.15) is 134 Å². The number of rotatable bonds is 28. The highest BCUT2D eigenvalue weighted by Crippen LogP contribution is 2.39. The monoisotopic (exact) mass is 1040 g/mol. The lowest BCUT2D eigenvalue weighted by molar-refractivity contribution is -0.384. The molecule has 2 aliphatic rings. The fourth-order valence-corrected chi connectivity index (χ4v) is 8.79. The molecule has 17 heteroatoms. The van der Waals surface area contributed by atoms with Gasteiger partial charge in [0, 0.05) is 10.6 Å². The number of allylic oxidation sites excluding steroid dienone is 2. The second kappa shape index (κ2) is 32.1. The Morgan fingerprint density at radius 2 is 1.34 bits per heavy atom. The van der Waals surface area contributed by atoms with Crippen LogP contribution in [0.5, 0.6) is 11.5 Å². The van der Waals surface area contributed by atoms with Gasteiger partial charge >= 0.3 is 11.9 Å². The first-order chi connectivity index (χ1) is 35.1. The molecule has 404 valence electrons. The fraction of sp³-hybridized carbons (Fsp3) is 0.589. The number of halogens is 1. The Morgan fingerprint density at radius 3 is 1.95 bits per heavy atom. The van der Waals surface area contributed by atoms with Crippen molar-refractivity contribution in [2.45, 2.75) is 178 Å². The highest BCUT2D eigenvalue weighted by Gasteiger charge is 2.61. The largest absolute Gasteiger partial charge is 0.457 e. The summed E-state index contributed by atoms with van der Waals surface area (Å²) < 4.78 is 33.6. The number of benzene rings is 3. The molecule has 0 bridgehead atoms. The highest BCUT2D eigenvalue weighted by atomic mass is 35.5. The summed E-state index contributed by atoms with van der Waals surface area (Å²) in [6, 6.07) is 25.5. The van der Waals surface area contributed by atoms with E-state index < -0.39 is 105 Å². The maximum atomic E-state index is 13.0. The summed E-state index contributed by atoms with van der Waals surface area (Å²) >= 11 is 5.96. The van der Waals surface area contributed by atoms with Gasteiger partial charge in [-0.05, 0) is 80.0 Å². The van der Waals surface area contributed by atoms with E-state index in [9.17, 15) is 50.6 Å². The van der Waals surface area contributed by atoms with Gasteiger partial charge in [0.25, 0.3) is 0 Å². The average Bonchev–Trinajstić information content (AvgIpc) is 3.65. The van der Waals surface area contributed by atoms with Gasteiger partial charge in [-0.3, -0.25) is 9.59 Å². The zero-order valence-corrected chi connectivity index (χ0v) is 43.4. The number of aliphatic hydroxyl groups excluding tert-OH is 7. The minimum atomic E-state index is -2.27. The van der Waals surface area contributed by atoms with Crippen LogP contribution in [0.3, 0.4) is 0 Å². The molecule has 0 saturated carbocycles. The number of aliphatic hydroxyl groups is 7. The van der Waals surface area contributed by atoms with Crippen molar-refractivity contribution in [3.05, 3.63) is 107 Å². The van der Waals surface area contributed by atoms with Crippen molar-refractivity contribution in [1.29, 1.82) is 5.26 Å². The Balaban J connectivity index is 0.000000336. The second-order valence-electron chi connectivity index (χ2n) is 19.1. The zero-order chi connectivity index (χ0) is 53.3. The van der Waals surface area contributed by atoms with E-state index in [0.717, 1.165) is 44.1 Å². The standard InChI is InChI=1S/C31H56O12.C25H22ClNO3/c1-3-4-5-6-7-8-9-10-11-12-13-14-15-16-17-21(2)29(39)41-28-25(36)23(19-33)42-31(28,20-34)43-30-27(38)26(37)24(35)22(18-32)40-30;1-17(2)24(18-11-13-20(26)14-12-18)25(28)30-23(16-27)19-7-6-10-22(15-19)29-21-8-4-3-5-9-21/h10-11,21-28,30,32-38H,3-9,12-20H2,1-2H3;3-15,17,23-24H,1-2H3/b11-10-;/t21?,22-,23-,24-,25-,26+,27-,28+,30-,31+;/m1./s1. The maximum absolute atomic E-state index is 13.0. The smallest absolute Gasteiger partial charge is 0.315 e. The molecule has 5 rings (SSSR count). The van der Waals surface area contributed by atoms with E-state index in [1.807, 2.05) is 56.3 Å². The van der Waals surface area contributed by atoms with Gasteiger partial charge in [-0.2, -0.15) is 5.26 Å². The molecule has 2 fully saturated rings. The first-order valence-electron chi connectivity index (χ1n) is 25.7. The van der Waals surface area contributed by atoms with Crippen molar-refractivity contribution in [3.63, 3.8) is 0 Å². The predicted octanol–water partition coefficient (Wildman–Crippen LogP) is 8.12. The number of hydrogen-bond acceptors (Lipinski definition) is 16. The fourth-order valence-electron chi connectivity index (χ4n) is 8.66. The molecule has 3 aromatic rings. The van der Waals surface area contributed by atoms with Crippen LogP contribution in [-0.4, -0.2) is 122 Å². The van der Waals surface area contributed by atoms with Crippen LogP contribution in [-0.2, 0) is 33.3 Å². The predicted molar refractivity (Wildman–Crippen MR) is 273 cm³/mol. The van der Waals surface area contributed by atoms with Crippen LogP contribution < -0.4 is 4.74 Å². The molecule has 0 aliphatic carbocycles. The molecule has 73 heavy (non-hydrogen) atoms. The molecule has 2 saturated heterocycles. The van der Waals surface area contributed by atoms with Crippen LogP contribution >= 0.6 is 11.6 Å². The van der Waals surface area contributed by atoms with Crippen LogP contribution in [0.25, 0.3) is 0 Å². The normalized spacial score (nSPS) is 25.0. The third kappa shape index (κ3) is 18.7. The first-order valence-corrected chi connectivity index (χ1v) is 26.1. The lowest BCUT2D eigenvalue weighted by Gasteiger charge is -2.43. The summed E-state index contributed by atoms with van der Waals surface area (Å²) in [4.78, 5) is 25.9. The minimum absolute atomic E-state index is 0.00855. The van der Waals surface area contributed by atoms with Crippen LogP contribution in [0.4, 0.5) is 0 Å². The Labute approximate surface area is 435 Å². The van der Waals surface area contributed by atoms with Gasteiger partial charge in [0.1, 0.15) is 60.8 Å². The van der Waals surface area contributed by atoms with Crippen molar-refractivity contribution in [2.75, 3.05) is 19.8 Å². The van der Waals surface area contributed by atoms with Crippen LogP contribution in [0.15, 0.2) is 91.0 Å². The number of carbonyl (C=O) groups excluding carboxylic acids is 2.